The van der Waals surface area contributed by atoms with Crippen LogP contribution in [-0.4, -0.2) is 36.7 Å². The number of hydrogen-bond donors (Lipinski definition) is 2. The molecule has 0 radical (unpaired) electrons. The lowest BCUT2D eigenvalue weighted by Crippen LogP contribution is -2.34. The summed E-state index contributed by atoms with van der Waals surface area (Å²) < 4.78 is 1.61. The minimum absolute atomic E-state index is 0.0130. The lowest BCUT2D eigenvalue weighted by molar-refractivity contribution is -0.141. The maximum Gasteiger partial charge on any atom is 0.330 e. The van der Waals surface area contributed by atoms with E-state index in [4.69, 9.17) is 0 Å². The lowest BCUT2D eigenvalue weighted by atomic mass is 10.1. The number of carbonyl (C=O) groups is 2. The molecule has 0 saturated carbocycles. The van der Waals surface area contributed by atoms with Gasteiger partial charge in [-0.3, -0.25) is 4.79 Å². The Morgan fingerprint density at radius 3 is 2.28 bits per heavy atom. The Bertz CT molecular complexity index is 1040. The van der Waals surface area contributed by atoms with Crippen LogP contribution in [0.25, 0.3) is 5.95 Å². The highest BCUT2D eigenvalue weighted by Gasteiger charge is 2.24. The molecule has 29 heavy (non-hydrogen) atoms. The summed E-state index contributed by atoms with van der Waals surface area (Å²) in [5.74, 6) is -1.06. The zero-order valence-electron chi connectivity index (χ0n) is 16.8. The summed E-state index contributed by atoms with van der Waals surface area (Å²) >= 11 is 0. The Morgan fingerprint density at radius 2 is 1.69 bits per heavy atom. The van der Waals surface area contributed by atoms with Crippen LogP contribution in [0.4, 0.5) is 0 Å². The molecule has 8 nitrogen and oxygen atoms in total. The maximum absolute atomic E-state index is 12.6. The van der Waals surface area contributed by atoms with Gasteiger partial charge in [0.15, 0.2) is 6.04 Å². The normalized spacial score (nSPS) is 11.9. The third kappa shape index (κ3) is 4.48. The molecule has 1 atom stereocenters. The van der Waals surface area contributed by atoms with E-state index in [0.29, 0.717) is 17.2 Å². The average molecular weight is 393 g/mol. The van der Waals surface area contributed by atoms with Crippen LogP contribution < -0.4 is 5.32 Å². The number of nitrogens with one attached hydrogen (secondary N) is 1. The van der Waals surface area contributed by atoms with Crippen LogP contribution in [0.15, 0.2) is 36.4 Å². The SMILES string of the molecule is Cc1cc(C)nc(-n2nc(C)c(CC(=O)NC(C(=O)O)c3ccccc3)c2C)n1. The average Bonchev–Trinajstić information content (AvgIpc) is 2.94. The van der Waals surface area contributed by atoms with Gasteiger partial charge in [0.1, 0.15) is 0 Å². The molecule has 0 spiro atoms. The number of carboxylic acid groups (broad SMARTS) is 1. The molecule has 0 saturated heterocycles. The molecule has 2 heterocycles. The molecule has 3 aromatic rings. The molecule has 2 N–H and O–H groups in total. The summed E-state index contributed by atoms with van der Waals surface area (Å²) in [6.07, 6.45) is 0.0130. The second kappa shape index (κ2) is 8.22. The molecular weight excluding hydrogens is 370 g/mol. The smallest absolute Gasteiger partial charge is 0.330 e. The van der Waals surface area contributed by atoms with Gasteiger partial charge in [0.05, 0.1) is 12.1 Å². The minimum atomic E-state index is -1.11. The summed E-state index contributed by atoms with van der Waals surface area (Å²) in [7, 11) is 0. The van der Waals surface area contributed by atoms with Crippen molar-refractivity contribution in [3.63, 3.8) is 0 Å². The molecule has 0 aliphatic rings. The van der Waals surface area contributed by atoms with E-state index >= 15 is 0 Å². The second-order valence-corrected chi connectivity index (χ2v) is 6.94. The van der Waals surface area contributed by atoms with Crippen LogP contribution in [0, 0.1) is 27.7 Å². The van der Waals surface area contributed by atoms with E-state index in [-0.39, 0.29) is 6.42 Å². The van der Waals surface area contributed by atoms with Crippen LogP contribution in [0.1, 0.15) is 39.9 Å². The first-order valence-corrected chi connectivity index (χ1v) is 9.21. The van der Waals surface area contributed by atoms with Crippen molar-refractivity contribution in [3.8, 4) is 5.95 Å². The van der Waals surface area contributed by atoms with Crippen molar-refractivity contribution in [2.75, 3.05) is 0 Å². The Kier molecular flexibility index (Phi) is 5.72. The number of aromatic nitrogens is 4. The number of nitrogens with zero attached hydrogens (tertiary/aromatic N) is 4. The first-order chi connectivity index (χ1) is 13.8. The first kappa shape index (κ1) is 20.2. The van der Waals surface area contributed by atoms with Crippen LogP contribution in [0.2, 0.25) is 0 Å². The van der Waals surface area contributed by atoms with Crippen LogP contribution in [0.3, 0.4) is 0 Å². The predicted octanol–water partition coefficient (Wildman–Crippen LogP) is 2.38. The minimum Gasteiger partial charge on any atom is -0.479 e. The number of rotatable bonds is 6. The number of carbonyl (C=O) groups excluding carboxylic acids is 1. The fraction of sp³-hybridized carbons (Fsp3) is 0.286. The molecule has 8 heteroatoms. The van der Waals surface area contributed by atoms with Crippen molar-refractivity contribution in [2.45, 2.75) is 40.2 Å². The molecule has 1 unspecified atom stereocenters. The summed E-state index contributed by atoms with van der Waals surface area (Å²) in [5, 5.41) is 16.6. The summed E-state index contributed by atoms with van der Waals surface area (Å²) in [4.78, 5) is 33.1. The van der Waals surface area contributed by atoms with Gasteiger partial charge in [-0.05, 0) is 39.3 Å². The Labute approximate surface area is 168 Å². The number of aryl methyl sites for hydroxylation is 3. The van der Waals surface area contributed by atoms with E-state index in [1.54, 1.807) is 41.9 Å². The lowest BCUT2D eigenvalue weighted by Gasteiger charge is -2.15. The van der Waals surface area contributed by atoms with Gasteiger partial charge in [-0.15, -0.1) is 0 Å². The molecule has 0 bridgehead atoms. The van der Waals surface area contributed by atoms with Gasteiger partial charge in [-0.1, -0.05) is 30.3 Å². The van der Waals surface area contributed by atoms with Gasteiger partial charge in [-0.25, -0.2) is 19.4 Å². The van der Waals surface area contributed by atoms with E-state index < -0.39 is 17.9 Å². The highest BCUT2D eigenvalue weighted by Crippen LogP contribution is 2.18. The standard InChI is InChI=1S/C21H23N5O3/c1-12-10-13(2)23-21(22-12)26-15(4)17(14(3)25-26)11-18(27)24-19(20(28)29)16-8-6-5-7-9-16/h5-10,19H,11H2,1-4H3,(H,24,27)(H,28,29). The largest absolute Gasteiger partial charge is 0.479 e. The zero-order chi connectivity index (χ0) is 21.1. The van der Waals surface area contributed by atoms with Crippen molar-refractivity contribution in [2.24, 2.45) is 0 Å². The number of benzene rings is 1. The van der Waals surface area contributed by atoms with Gasteiger partial charge in [0, 0.05) is 22.6 Å². The highest BCUT2D eigenvalue weighted by atomic mass is 16.4. The second-order valence-electron chi connectivity index (χ2n) is 6.94. The molecule has 150 valence electrons. The van der Waals surface area contributed by atoms with Crippen LogP contribution in [-0.2, 0) is 16.0 Å². The quantitative estimate of drug-likeness (QED) is 0.665. The summed E-state index contributed by atoms with van der Waals surface area (Å²) in [6.45, 7) is 7.41. The van der Waals surface area contributed by atoms with Gasteiger partial charge in [0.2, 0.25) is 5.91 Å². The van der Waals surface area contributed by atoms with E-state index in [1.807, 2.05) is 26.8 Å². The molecule has 1 amide bonds. The van der Waals surface area contributed by atoms with E-state index in [9.17, 15) is 14.7 Å². The molecule has 0 aliphatic heterocycles. The van der Waals surface area contributed by atoms with Crippen molar-refractivity contribution >= 4 is 11.9 Å². The third-order valence-electron chi connectivity index (χ3n) is 4.62. The molecule has 2 aromatic heterocycles. The summed E-state index contributed by atoms with van der Waals surface area (Å²) in [6, 6.07) is 9.37. The van der Waals surface area contributed by atoms with E-state index in [2.05, 4.69) is 20.4 Å². The molecule has 1 aromatic carbocycles. The number of aliphatic carboxylic acids is 1. The van der Waals surface area contributed by atoms with Gasteiger partial charge in [-0.2, -0.15) is 5.10 Å². The molecule has 0 fully saturated rings. The zero-order valence-corrected chi connectivity index (χ0v) is 16.8. The molecule has 0 aliphatic carbocycles. The van der Waals surface area contributed by atoms with Crippen LogP contribution in [0.5, 0.6) is 0 Å². The van der Waals surface area contributed by atoms with Gasteiger partial charge >= 0.3 is 5.97 Å². The third-order valence-corrected chi connectivity index (χ3v) is 4.62. The number of amides is 1. The monoisotopic (exact) mass is 393 g/mol. The fourth-order valence-corrected chi connectivity index (χ4v) is 3.23. The van der Waals surface area contributed by atoms with Crippen LogP contribution >= 0.6 is 0 Å². The Balaban J connectivity index is 1.84. The van der Waals surface area contributed by atoms with Gasteiger partial charge in [0.25, 0.3) is 5.95 Å². The van der Waals surface area contributed by atoms with E-state index in [0.717, 1.165) is 22.6 Å². The Hall–Kier alpha value is -3.55. The fourth-order valence-electron chi connectivity index (χ4n) is 3.23. The number of carboxylic acids is 1. The van der Waals surface area contributed by atoms with Crippen molar-refractivity contribution in [3.05, 3.63) is 70.3 Å². The summed E-state index contributed by atoms with van der Waals surface area (Å²) in [5.41, 5.74) is 4.31. The highest BCUT2D eigenvalue weighted by molar-refractivity contribution is 5.86. The Morgan fingerprint density at radius 1 is 1.07 bits per heavy atom. The van der Waals surface area contributed by atoms with Crippen molar-refractivity contribution in [1.29, 1.82) is 0 Å². The maximum atomic E-state index is 12.6. The van der Waals surface area contributed by atoms with Gasteiger partial charge < -0.3 is 10.4 Å². The van der Waals surface area contributed by atoms with Crippen molar-refractivity contribution in [1.82, 2.24) is 25.1 Å². The number of hydrogen-bond acceptors (Lipinski definition) is 5. The van der Waals surface area contributed by atoms with E-state index in [1.165, 1.54) is 0 Å². The predicted molar refractivity (Wildman–Crippen MR) is 107 cm³/mol. The first-order valence-electron chi connectivity index (χ1n) is 9.21. The molecular formula is C21H23N5O3. The van der Waals surface area contributed by atoms with Crippen molar-refractivity contribution < 1.29 is 14.7 Å². The molecule has 3 rings (SSSR count). The topological polar surface area (TPSA) is 110 Å².